The van der Waals surface area contributed by atoms with Crippen LogP contribution in [-0.2, 0) is 17.6 Å². The molecule has 4 heteroatoms. The fraction of sp³-hybridized carbons (Fsp3) is 0.476. The maximum absolute atomic E-state index is 10.7. The average molecular weight is 344 g/mol. The van der Waals surface area contributed by atoms with E-state index in [0.29, 0.717) is 0 Å². The molecule has 0 aromatic carbocycles. The van der Waals surface area contributed by atoms with Crippen LogP contribution in [0, 0.1) is 5.92 Å². The van der Waals surface area contributed by atoms with Gasteiger partial charge in [-0.1, -0.05) is 18.6 Å². The van der Waals surface area contributed by atoms with E-state index < -0.39 is 5.97 Å². The highest BCUT2D eigenvalue weighted by Gasteiger charge is 2.08. The van der Waals surface area contributed by atoms with E-state index in [1.54, 1.807) is 12.5 Å². The minimum atomic E-state index is -0.703. The normalized spacial score (nSPS) is 13.1. The molecule has 2 heterocycles. The van der Waals surface area contributed by atoms with Gasteiger partial charge in [0.15, 0.2) is 0 Å². The van der Waals surface area contributed by atoms with Gasteiger partial charge in [-0.3, -0.25) is 4.79 Å². The standard InChI is InChI=1S/C21H28O4/c1-16(5-3-7-17(2)11-21(22)23)6-4-8-19-14-25-15-20(19)12-18-9-10-24-13-18/h6,9-10,13-15,17H,3-5,7-8,11-12H2,1-2H3,(H,22,23). The zero-order valence-electron chi connectivity index (χ0n) is 15.2. The van der Waals surface area contributed by atoms with Crippen LogP contribution in [0.25, 0.3) is 0 Å². The lowest BCUT2D eigenvalue weighted by atomic mass is 9.98. The van der Waals surface area contributed by atoms with E-state index >= 15 is 0 Å². The van der Waals surface area contributed by atoms with Crippen molar-refractivity contribution in [1.29, 1.82) is 0 Å². The van der Waals surface area contributed by atoms with Crippen LogP contribution < -0.4 is 0 Å². The van der Waals surface area contributed by atoms with E-state index in [9.17, 15) is 4.79 Å². The first-order valence-corrected chi connectivity index (χ1v) is 8.97. The van der Waals surface area contributed by atoms with Crippen molar-refractivity contribution in [2.75, 3.05) is 0 Å². The number of hydrogen-bond donors (Lipinski definition) is 1. The van der Waals surface area contributed by atoms with Gasteiger partial charge in [0.2, 0.25) is 0 Å². The van der Waals surface area contributed by atoms with Gasteiger partial charge in [0.25, 0.3) is 0 Å². The molecule has 0 aliphatic rings. The van der Waals surface area contributed by atoms with E-state index in [1.807, 2.05) is 25.5 Å². The van der Waals surface area contributed by atoms with E-state index in [2.05, 4.69) is 13.0 Å². The van der Waals surface area contributed by atoms with E-state index in [0.717, 1.165) is 44.1 Å². The number of aryl methyl sites for hydroxylation is 1. The number of furan rings is 2. The lowest BCUT2D eigenvalue weighted by Gasteiger charge is -2.08. The molecule has 1 N–H and O–H groups in total. The Balaban J connectivity index is 1.71. The van der Waals surface area contributed by atoms with Gasteiger partial charge in [-0.15, -0.1) is 0 Å². The summed E-state index contributed by atoms with van der Waals surface area (Å²) in [5.74, 6) is -0.451. The highest BCUT2D eigenvalue weighted by Crippen LogP contribution is 2.19. The first kappa shape index (κ1) is 19.1. The molecule has 0 aliphatic carbocycles. The average Bonchev–Trinajstić information content (AvgIpc) is 3.19. The molecule has 1 atom stereocenters. The smallest absolute Gasteiger partial charge is 0.303 e. The fourth-order valence-electron chi connectivity index (χ4n) is 3.04. The number of hydrogen-bond acceptors (Lipinski definition) is 3. The molecule has 1 unspecified atom stereocenters. The monoisotopic (exact) mass is 344 g/mol. The largest absolute Gasteiger partial charge is 0.481 e. The zero-order valence-corrected chi connectivity index (χ0v) is 15.2. The molecule has 0 saturated heterocycles. The Bertz CT molecular complexity index is 664. The predicted molar refractivity (Wildman–Crippen MR) is 97.6 cm³/mol. The molecule has 136 valence electrons. The topological polar surface area (TPSA) is 63.6 Å². The third-order valence-corrected chi connectivity index (χ3v) is 4.51. The van der Waals surface area contributed by atoms with E-state index in [1.165, 1.54) is 16.7 Å². The summed E-state index contributed by atoms with van der Waals surface area (Å²) in [5, 5.41) is 8.78. The Morgan fingerprint density at radius 3 is 2.76 bits per heavy atom. The third kappa shape index (κ3) is 7.04. The maximum Gasteiger partial charge on any atom is 0.303 e. The molecule has 2 aromatic heterocycles. The first-order chi connectivity index (χ1) is 12.0. The second-order valence-corrected chi connectivity index (χ2v) is 6.92. The van der Waals surface area contributed by atoms with Crippen molar-refractivity contribution in [3.63, 3.8) is 0 Å². The Labute approximate surface area is 149 Å². The second-order valence-electron chi connectivity index (χ2n) is 6.92. The summed E-state index contributed by atoms with van der Waals surface area (Å²) in [4.78, 5) is 10.7. The van der Waals surface area contributed by atoms with Crippen molar-refractivity contribution in [2.45, 2.75) is 58.8 Å². The Morgan fingerprint density at radius 1 is 1.24 bits per heavy atom. The van der Waals surface area contributed by atoms with Gasteiger partial charge >= 0.3 is 5.97 Å². The minimum absolute atomic E-state index is 0.252. The van der Waals surface area contributed by atoms with Crippen LogP contribution in [0.4, 0.5) is 0 Å². The van der Waals surface area contributed by atoms with E-state index in [4.69, 9.17) is 13.9 Å². The molecule has 4 nitrogen and oxygen atoms in total. The number of allylic oxidation sites excluding steroid dienone is 2. The molecule has 0 aliphatic heterocycles. The number of carboxylic acids is 1. The maximum atomic E-state index is 10.7. The molecule has 0 amide bonds. The molecular formula is C21H28O4. The molecule has 25 heavy (non-hydrogen) atoms. The second kappa shape index (κ2) is 9.92. The van der Waals surface area contributed by atoms with Crippen molar-refractivity contribution in [3.8, 4) is 0 Å². The van der Waals surface area contributed by atoms with Gasteiger partial charge in [-0.2, -0.15) is 0 Å². The van der Waals surface area contributed by atoms with Gasteiger partial charge in [-0.05, 0) is 67.7 Å². The van der Waals surface area contributed by atoms with Crippen molar-refractivity contribution in [1.82, 2.24) is 0 Å². The first-order valence-electron chi connectivity index (χ1n) is 8.97. The van der Waals surface area contributed by atoms with Crippen molar-refractivity contribution in [3.05, 3.63) is 59.5 Å². The Morgan fingerprint density at radius 2 is 2.04 bits per heavy atom. The van der Waals surface area contributed by atoms with Gasteiger partial charge < -0.3 is 13.9 Å². The highest BCUT2D eigenvalue weighted by molar-refractivity contribution is 5.66. The van der Waals surface area contributed by atoms with Crippen molar-refractivity contribution in [2.24, 2.45) is 5.92 Å². The molecule has 0 fully saturated rings. The van der Waals surface area contributed by atoms with Crippen molar-refractivity contribution >= 4 is 5.97 Å². The van der Waals surface area contributed by atoms with Crippen LogP contribution in [0.3, 0.4) is 0 Å². The summed E-state index contributed by atoms with van der Waals surface area (Å²) in [6, 6.07) is 1.98. The molecular weight excluding hydrogens is 316 g/mol. The van der Waals surface area contributed by atoms with Gasteiger partial charge in [-0.25, -0.2) is 0 Å². The van der Waals surface area contributed by atoms with Gasteiger partial charge in [0, 0.05) is 12.8 Å². The minimum Gasteiger partial charge on any atom is -0.481 e. The summed E-state index contributed by atoms with van der Waals surface area (Å²) in [6.07, 6.45) is 15.5. The third-order valence-electron chi connectivity index (χ3n) is 4.51. The molecule has 0 bridgehead atoms. The summed E-state index contributed by atoms with van der Waals surface area (Å²) in [6.45, 7) is 4.16. The van der Waals surface area contributed by atoms with Crippen LogP contribution in [0.2, 0.25) is 0 Å². The fourth-order valence-corrected chi connectivity index (χ4v) is 3.04. The van der Waals surface area contributed by atoms with Crippen LogP contribution in [0.15, 0.2) is 51.6 Å². The van der Waals surface area contributed by atoms with Gasteiger partial charge in [0.05, 0.1) is 25.1 Å². The predicted octanol–water partition coefficient (Wildman–Crippen LogP) is 5.62. The Hall–Kier alpha value is -2.23. The van der Waals surface area contributed by atoms with Crippen molar-refractivity contribution < 1.29 is 18.7 Å². The summed E-state index contributed by atoms with van der Waals surface area (Å²) >= 11 is 0. The molecule has 2 aromatic rings. The van der Waals surface area contributed by atoms with Crippen LogP contribution in [0.1, 0.15) is 62.6 Å². The van der Waals surface area contributed by atoms with Crippen LogP contribution in [0.5, 0.6) is 0 Å². The van der Waals surface area contributed by atoms with Crippen LogP contribution >= 0.6 is 0 Å². The number of rotatable bonds is 11. The zero-order chi connectivity index (χ0) is 18.1. The molecule has 0 radical (unpaired) electrons. The number of carboxylic acid groups (broad SMARTS) is 1. The molecule has 2 rings (SSSR count). The lowest BCUT2D eigenvalue weighted by molar-refractivity contribution is -0.138. The van der Waals surface area contributed by atoms with Gasteiger partial charge in [0.1, 0.15) is 0 Å². The summed E-state index contributed by atoms with van der Waals surface area (Å²) < 4.78 is 10.5. The Kier molecular flexibility index (Phi) is 7.58. The number of aliphatic carboxylic acids is 1. The molecule has 0 spiro atoms. The van der Waals surface area contributed by atoms with E-state index in [-0.39, 0.29) is 12.3 Å². The molecule has 0 saturated carbocycles. The highest BCUT2D eigenvalue weighted by atomic mass is 16.4. The quantitative estimate of drug-likeness (QED) is 0.537. The van der Waals surface area contributed by atoms with Crippen LogP contribution in [-0.4, -0.2) is 11.1 Å². The summed E-state index contributed by atoms with van der Waals surface area (Å²) in [5.41, 5.74) is 5.00. The SMILES string of the molecule is CC(=CCCc1cocc1Cc1ccoc1)CCCC(C)CC(=O)O. The number of carbonyl (C=O) groups is 1. The lowest BCUT2D eigenvalue weighted by Crippen LogP contribution is -2.03. The summed E-state index contributed by atoms with van der Waals surface area (Å²) in [7, 11) is 0.